The number of carbonyl (C=O) groups is 2. The van der Waals surface area contributed by atoms with Crippen LogP contribution in [0, 0.1) is 29.1 Å². The lowest BCUT2D eigenvalue weighted by atomic mass is 9.44. The van der Waals surface area contributed by atoms with Gasteiger partial charge in [0.25, 0.3) is 0 Å². The van der Waals surface area contributed by atoms with Gasteiger partial charge in [0.1, 0.15) is 0 Å². The summed E-state index contributed by atoms with van der Waals surface area (Å²) in [6, 6.07) is 1.65. The van der Waals surface area contributed by atoms with Crippen molar-refractivity contribution < 1.29 is 14.7 Å². The molecule has 2 amide bonds. The highest BCUT2D eigenvalue weighted by molar-refractivity contribution is 5.81. The molecule has 0 spiro atoms. The number of anilines is 1. The maximum absolute atomic E-state index is 12.2. The summed E-state index contributed by atoms with van der Waals surface area (Å²) < 4.78 is 0. The van der Waals surface area contributed by atoms with Crippen LogP contribution in [0.3, 0.4) is 0 Å². The number of nitrogens with zero attached hydrogens (tertiary/aromatic N) is 3. The van der Waals surface area contributed by atoms with Crippen molar-refractivity contribution in [2.45, 2.75) is 50.6 Å². The number of aromatic nitrogens is 2. The normalized spacial score (nSPS) is 41.2. The lowest BCUT2D eigenvalue weighted by molar-refractivity contribution is -0.154. The molecule has 5 fully saturated rings. The summed E-state index contributed by atoms with van der Waals surface area (Å²) in [7, 11) is 0. The molecule has 4 atom stereocenters. The third-order valence-corrected chi connectivity index (χ3v) is 7.84. The van der Waals surface area contributed by atoms with Gasteiger partial charge in [-0.25, -0.2) is 14.8 Å². The summed E-state index contributed by atoms with van der Waals surface area (Å²) in [5.41, 5.74) is 5.47. The molecule has 1 aromatic heterocycles. The number of likely N-dealkylation sites (tertiary alicyclic amines) is 1. The molecule has 28 heavy (non-hydrogen) atoms. The van der Waals surface area contributed by atoms with Crippen molar-refractivity contribution in [1.82, 2.24) is 14.9 Å². The number of carboxylic acid groups (broad SMARTS) is 1. The van der Waals surface area contributed by atoms with Crippen LogP contribution in [0.2, 0.25) is 0 Å². The summed E-state index contributed by atoms with van der Waals surface area (Å²) in [5, 5.41) is 13.3. The van der Waals surface area contributed by atoms with Crippen LogP contribution in [-0.4, -0.2) is 50.6 Å². The van der Waals surface area contributed by atoms with Crippen molar-refractivity contribution in [2.24, 2.45) is 34.8 Å². The first-order valence-electron chi connectivity index (χ1n) is 10.3. The van der Waals surface area contributed by atoms with Gasteiger partial charge in [0, 0.05) is 24.4 Å². The van der Waals surface area contributed by atoms with E-state index in [9.17, 15) is 14.7 Å². The minimum absolute atomic E-state index is 0.00875. The molecule has 150 valence electrons. The van der Waals surface area contributed by atoms with Gasteiger partial charge in [-0.2, -0.15) is 0 Å². The fourth-order valence-corrected chi connectivity index (χ4v) is 7.13. The van der Waals surface area contributed by atoms with E-state index in [2.05, 4.69) is 15.3 Å². The van der Waals surface area contributed by atoms with Crippen molar-refractivity contribution in [2.75, 3.05) is 11.9 Å². The van der Waals surface area contributed by atoms with E-state index in [0.29, 0.717) is 30.2 Å². The third-order valence-electron chi connectivity index (χ3n) is 7.84. The molecule has 0 radical (unpaired) electrons. The molecule has 0 aromatic carbocycles. The number of hydrogen-bond donors (Lipinski definition) is 3. The highest BCUT2D eigenvalue weighted by atomic mass is 16.4. The molecule has 1 aliphatic heterocycles. The molecule has 5 aliphatic rings. The molecule has 3 unspecified atom stereocenters. The van der Waals surface area contributed by atoms with Crippen molar-refractivity contribution in [3.05, 3.63) is 18.5 Å². The smallest absolute Gasteiger partial charge is 0.407 e. The van der Waals surface area contributed by atoms with Gasteiger partial charge in [-0.3, -0.25) is 4.79 Å². The van der Waals surface area contributed by atoms with Crippen LogP contribution in [0.25, 0.3) is 0 Å². The average Bonchev–Trinajstić information content (AvgIpc) is 3.05. The molecule has 8 nitrogen and oxygen atoms in total. The number of nitrogens with one attached hydrogen (secondary N) is 1. The van der Waals surface area contributed by atoms with E-state index in [4.69, 9.17) is 5.73 Å². The van der Waals surface area contributed by atoms with Crippen LogP contribution < -0.4 is 11.1 Å². The van der Waals surface area contributed by atoms with Crippen LogP contribution in [0.4, 0.5) is 10.7 Å². The van der Waals surface area contributed by atoms with Gasteiger partial charge in [-0.15, -0.1) is 0 Å². The molecule has 4 N–H and O–H groups in total. The first kappa shape index (κ1) is 17.7. The zero-order chi connectivity index (χ0) is 19.5. The van der Waals surface area contributed by atoms with Crippen LogP contribution >= 0.6 is 0 Å². The Balaban J connectivity index is 1.45. The largest absolute Gasteiger partial charge is 0.465 e. The van der Waals surface area contributed by atoms with Crippen LogP contribution in [-0.2, 0) is 4.79 Å². The number of primary amides is 1. The Bertz CT molecular complexity index is 771. The highest BCUT2D eigenvalue weighted by Gasteiger charge is 2.61. The Hall–Kier alpha value is -2.38. The van der Waals surface area contributed by atoms with Gasteiger partial charge in [-0.05, 0) is 68.3 Å². The second-order valence-electron chi connectivity index (χ2n) is 9.27. The fourth-order valence-electron chi connectivity index (χ4n) is 7.13. The molecule has 2 heterocycles. The molecular formula is C20H27N5O3. The first-order valence-corrected chi connectivity index (χ1v) is 10.3. The molecular weight excluding hydrogens is 358 g/mol. The van der Waals surface area contributed by atoms with Gasteiger partial charge in [0.15, 0.2) is 0 Å². The maximum atomic E-state index is 12.2. The molecule has 4 saturated carbocycles. The molecule has 1 aromatic rings. The number of carbonyl (C=O) groups excluding carboxylic acids is 1. The van der Waals surface area contributed by atoms with Crippen molar-refractivity contribution in [3.63, 3.8) is 0 Å². The number of amides is 2. The summed E-state index contributed by atoms with van der Waals surface area (Å²) in [4.78, 5) is 34.4. The van der Waals surface area contributed by atoms with Crippen molar-refractivity contribution >= 4 is 17.9 Å². The number of hydrogen-bond acceptors (Lipinski definition) is 5. The number of rotatable bonds is 4. The van der Waals surface area contributed by atoms with Gasteiger partial charge >= 0.3 is 6.09 Å². The quantitative estimate of drug-likeness (QED) is 0.728. The Kier molecular flexibility index (Phi) is 4.00. The lowest BCUT2D eigenvalue weighted by Gasteiger charge is -2.61. The summed E-state index contributed by atoms with van der Waals surface area (Å²) in [6.07, 6.45) is 8.01. The Morgan fingerprint density at radius 1 is 1.18 bits per heavy atom. The first-order chi connectivity index (χ1) is 13.5. The van der Waals surface area contributed by atoms with E-state index in [-0.39, 0.29) is 29.3 Å². The summed E-state index contributed by atoms with van der Waals surface area (Å²) in [6.45, 7) is 0.519. The second kappa shape index (κ2) is 6.32. The molecule has 4 aliphatic carbocycles. The van der Waals surface area contributed by atoms with Crippen LogP contribution in [0.5, 0.6) is 0 Å². The lowest BCUT2D eigenvalue weighted by Crippen LogP contribution is -2.61. The standard InChI is InChI=1S/C20H27N5O3/c21-17(26)20-8-11-6-12(9-20)15(13(7-11)10-20)16-14(2-5-25(16)19(27)28)24-18-22-3-1-4-23-18/h1,3-4,11-16H,2,5-10H2,(H2,21,26)(H,27,28)(H,22,23,24)/t11?,12?,13?,14?,15?,16-,20?/m0/s1. The predicted octanol–water partition coefficient (Wildman–Crippen LogP) is 1.94. The molecule has 4 bridgehead atoms. The SMILES string of the molecule is NC(=O)C12CC3CC(C1)C([C@@H]1C(Nc4ncccn4)CCN1C(=O)O)C(C3)C2. The van der Waals surface area contributed by atoms with Crippen LogP contribution in [0.15, 0.2) is 18.5 Å². The minimum atomic E-state index is -0.860. The minimum Gasteiger partial charge on any atom is -0.465 e. The van der Waals surface area contributed by atoms with E-state index in [0.717, 1.165) is 38.5 Å². The number of nitrogens with two attached hydrogens (primary N) is 1. The van der Waals surface area contributed by atoms with Crippen molar-refractivity contribution in [3.8, 4) is 0 Å². The highest BCUT2D eigenvalue weighted by Crippen LogP contribution is 2.63. The predicted molar refractivity (Wildman–Crippen MR) is 101 cm³/mol. The summed E-state index contributed by atoms with van der Waals surface area (Å²) >= 11 is 0. The van der Waals surface area contributed by atoms with E-state index in [1.54, 1.807) is 23.4 Å². The fraction of sp³-hybridized carbons (Fsp3) is 0.700. The Labute approximate surface area is 163 Å². The maximum Gasteiger partial charge on any atom is 0.407 e. The van der Waals surface area contributed by atoms with Gasteiger partial charge < -0.3 is 21.1 Å². The Morgan fingerprint density at radius 2 is 1.86 bits per heavy atom. The molecule has 8 heteroatoms. The Morgan fingerprint density at radius 3 is 2.46 bits per heavy atom. The van der Waals surface area contributed by atoms with E-state index < -0.39 is 6.09 Å². The van der Waals surface area contributed by atoms with E-state index in [1.807, 2.05) is 0 Å². The van der Waals surface area contributed by atoms with E-state index >= 15 is 0 Å². The monoisotopic (exact) mass is 385 g/mol. The topological polar surface area (TPSA) is 121 Å². The third kappa shape index (κ3) is 2.64. The van der Waals surface area contributed by atoms with Gasteiger partial charge in [0.05, 0.1) is 12.1 Å². The average molecular weight is 385 g/mol. The van der Waals surface area contributed by atoms with Crippen LogP contribution in [0.1, 0.15) is 38.5 Å². The molecule has 6 rings (SSSR count). The molecule has 1 saturated heterocycles. The van der Waals surface area contributed by atoms with Gasteiger partial charge in [0.2, 0.25) is 11.9 Å². The van der Waals surface area contributed by atoms with Gasteiger partial charge in [-0.1, -0.05) is 0 Å². The second-order valence-corrected chi connectivity index (χ2v) is 9.27. The van der Waals surface area contributed by atoms with Crippen molar-refractivity contribution in [1.29, 1.82) is 0 Å². The summed E-state index contributed by atoms with van der Waals surface area (Å²) in [5.74, 6) is 1.95. The zero-order valence-electron chi connectivity index (χ0n) is 15.8. The zero-order valence-corrected chi connectivity index (χ0v) is 15.8. The van der Waals surface area contributed by atoms with E-state index in [1.165, 1.54) is 0 Å².